The maximum Gasteiger partial charge on any atom is 0.266 e. The Morgan fingerprint density at radius 2 is 1.67 bits per heavy atom. The van der Waals surface area contributed by atoms with E-state index in [0.717, 1.165) is 26.5 Å². The monoisotopic (exact) mass is 522 g/mol. The van der Waals surface area contributed by atoms with Crippen molar-refractivity contribution in [1.29, 1.82) is 5.26 Å². The van der Waals surface area contributed by atoms with Crippen LogP contribution in [0.4, 0.5) is 5.69 Å². The van der Waals surface area contributed by atoms with Crippen molar-refractivity contribution in [3.63, 3.8) is 0 Å². The van der Waals surface area contributed by atoms with Gasteiger partial charge < -0.3 is 5.32 Å². The summed E-state index contributed by atoms with van der Waals surface area (Å²) in [7, 11) is 0. The summed E-state index contributed by atoms with van der Waals surface area (Å²) in [5, 5.41) is 12.2. The molecular weight excluding hydrogens is 504 g/mol. The number of carbonyl (C=O) groups is 1. The molecule has 0 fully saturated rings. The van der Waals surface area contributed by atoms with Crippen LogP contribution in [0.3, 0.4) is 0 Å². The normalized spacial score (nSPS) is 11.1. The zero-order chi connectivity index (χ0) is 21.7. The van der Waals surface area contributed by atoms with Gasteiger partial charge in [0, 0.05) is 14.6 Å². The summed E-state index contributed by atoms with van der Waals surface area (Å²) in [5.41, 5.74) is 6.36. The minimum absolute atomic E-state index is 0.0480. The smallest absolute Gasteiger partial charge is 0.266 e. The Morgan fingerprint density at radius 1 is 1.00 bits per heavy atom. The van der Waals surface area contributed by atoms with Gasteiger partial charge in [0.2, 0.25) is 0 Å². The molecule has 5 heteroatoms. The van der Waals surface area contributed by atoms with Crippen molar-refractivity contribution in [2.24, 2.45) is 0 Å². The van der Waals surface area contributed by atoms with Crippen molar-refractivity contribution in [3.8, 4) is 6.07 Å². The van der Waals surface area contributed by atoms with E-state index in [-0.39, 0.29) is 5.57 Å². The number of hydrogen-bond donors (Lipinski definition) is 1. The quantitative estimate of drug-likeness (QED) is 0.290. The van der Waals surface area contributed by atoms with Crippen molar-refractivity contribution in [2.75, 3.05) is 5.32 Å². The minimum atomic E-state index is -0.435. The second-order valence-electron chi connectivity index (χ2n) is 7.15. The minimum Gasteiger partial charge on any atom is -0.321 e. The topological polar surface area (TPSA) is 52.9 Å². The molecule has 0 bridgehead atoms. The number of benzene rings is 3. The Morgan fingerprint density at radius 3 is 2.27 bits per heavy atom. The van der Waals surface area contributed by atoms with Gasteiger partial charge in [0.05, 0.1) is 0 Å². The highest BCUT2D eigenvalue weighted by molar-refractivity contribution is 9.10. The largest absolute Gasteiger partial charge is 0.321 e. The van der Waals surface area contributed by atoms with Crippen molar-refractivity contribution in [1.82, 2.24) is 0 Å². The maximum absolute atomic E-state index is 12.5. The van der Waals surface area contributed by atoms with Crippen molar-refractivity contribution < 1.29 is 4.79 Å². The predicted octanol–water partition coefficient (Wildman–Crippen LogP) is 6.96. The summed E-state index contributed by atoms with van der Waals surface area (Å²) >= 11 is 6.99. The number of nitriles is 1. The lowest BCUT2D eigenvalue weighted by molar-refractivity contribution is -0.112. The molecular formula is C25H20Br2N2O. The van der Waals surface area contributed by atoms with Gasteiger partial charge in [0.25, 0.3) is 5.91 Å². The number of carbonyl (C=O) groups excluding carboxylic acids is 1. The molecule has 0 aliphatic rings. The van der Waals surface area contributed by atoms with Crippen LogP contribution in [0.15, 0.2) is 75.2 Å². The molecule has 0 aliphatic carbocycles. The summed E-state index contributed by atoms with van der Waals surface area (Å²) < 4.78 is 1.86. The highest BCUT2D eigenvalue weighted by Crippen LogP contribution is 2.24. The summed E-state index contributed by atoms with van der Waals surface area (Å²) in [4.78, 5) is 12.5. The summed E-state index contributed by atoms with van der Waals surface area (Å²) in [6.45, 7) is 4.20. The molecule has 0 aromatic heterocycles. The van der Waals surface area contributed by atoms with Crippen LogP contribution in [0, 0.1) is 25.2 Å². The zero-order valence-electron chi connectivity index (χ0n) is 16.7. The fraction of sp³-hybridized carbons (Fsp3) is 0.120. The Kier molecular flexibility index (Phi) is 7.25. The molecule has 3 nitrogen and oxygen atoms in total. The van der Waals surface area contributed by atoms with Crippen LogP contribution in [0.5, 0.6) is 0 Å². The molecule has 0 heterocycles. The SMILES string of the molecule is Cc1cc(C)cc(Cc2ccc(/C=C(\C#N)C(=O)Nc3ccc(Br)cc3)cc2Br)c1. The van der Waals surface area contributed by atoms with Crippen molar-refractivity contribution in [2.45, 2.75) is 20.3 Å². The van der Waals surface area contributed by atoms with Gasteiger partial charge in [-0.15, -0.1) is 0 Å². The van der Waals surface area contributed by atoms with E-state index in [9.17, 15) is 10.1 Å². The zero-order valence-corrected chi connectivity index (χ0v) is 19.8. The molecule has 0 radical (unpaired) electrons. The van der Waals surface area contributed by atoms with E-state index in [0.29, 0.717) is 5.69 Å². The van der Waals surface area contributed by atoms with E-state index in [2.05, 4.69) is 69.2 Å². The molecule has 150 valence electrons. The van der Waals surface area contributed by atoms with Crippen LogP contribution in [-0.2, 0) is 11.2 Å². The molecule has 0 aliphatic heterocycles. The van der Waals surface area contributed by atoms with Gasteiger partial charge in [0.1, 0.15) is 11.6 Å². The van der Waals surface area contributed by atoms with Gasteiger partial charge in [-0.05, 0) is 73.4 Å². The van der Waals surface area contributed by atoms with Gasteiger partial charge in [-0.2, -0.15) is 5.26 Å². The first-order chi connectivity index (χ1) is 14.3. The van der Waals surface area contributed by atoms with E-state index in [1.807, 2.05) is 36.4 Å². The Hall–Kier alpha value is -2.68. The van der Waals surface area contributed by atoms with E-state index >= 15 is 0 Å². The van der Waals surface area contributed by atoms with E-state index in [1.165, 1.54) is 16.7 Å². The van der Waals surface area contributed by atoms with E-state index in [1.54, 1.807) is 18.2 Å². The van der Waals surface area contributed by atoms with Gasteiger partial charge in [0.15, 0.2) is 0 Å². The second kappa shape index (κ2) is 9.88. The van der Waals surface area contributed by atoms with Gasteiger partial charge in [-0.25, -0.2) is 0 Å². The molecule has 0 saturated heterocycles. The molecule has 30 heavy (non-hydrogen) atoms. The van der Waals surface area contributed by atoms with Crippen LogP contribution in [0.2, 0.25) is 0 Å². The van der Waals surface area contributed by atoms with E-state index in [4.69, 9.17) is 0 Å². The van der Waals surface area contributed by atoms with Crippen LogP contribution >= 0.6 is 31.9 Å². The van der Waals surface area contributed by atoms with Crippen LogP contribution in [0.25, 0.3) is 6.08 Å². The van der Waals surface area contributed by atoms with Crippen LogP contribution < -0.4 is 5.32 Å². The number of amides is 1. The molecule has 0 spiro atoms. The summed E-state index contributed by atoms with van der Waals surface area (Å²) in [6.07, 6.45) is 2.40. The molecule has 1 N–H and O–H groups in total. The number of anilines is 1. The Bertz CT molecular complexity index is 1140. The lowest BCUT2D eigenvalue weighted by atomic mass is 9.99. The number of nitrogens with one attached hydrogen (secondary N) is 1. The molecule has 0 saturated carbocycles. The standard InChI is InChI=1S/C25H20Br2N2O/c1-16-9-17(2)11-19(10-16)13-20-4-3-18(14-24(20)27)12-21(15-28)25(30)29-23-7-5-22(26)6-8-23/h3-12,14H,13H2,1-2H3,(H,29,30)/b21-12+. The molecule has 0 atom stereocenters. The number of rotatable bonds is 5. The first-order valence-electron chi connectivity index (χ1n) is 9.38. The van der Waals surface area contributed by atoms with Gasteiger partial charge in [-0.3, -0.25) is 4.79 Å². The van der Waals surface area contributed by atoms with Crippen molar-refractivity contribution >= 4 is 49.5 Å². The second-order valence-corrected chi connectivity index (χ2v) is 8.92. The Balaban J connectivity index is 1.78. The lowest BCUT2D eigenvalue weighted by Crippen LogP contribution is -2.13. The average molecular weight is 524 g/mol. The first kappa shape index (κ1) is 22.0. The number of nitrogens with zero attached hydrogens (tertiary/aromatic N) is 1. The molecule has 3 aromatic rings. The Labute approximate surface area is 193 Å². The fourth-order valence-corrected chi connectivity index (χ4v) is 4.04. The summed E-state index contributed by atoms with van der Waals surface area (Å²) in [6, 6.07) is 21.6. The summed E-state index contributed by atoms with van der Waals surface area (Å²) in [5.74, 6) is -0.435. The van der Waals surface area contributed by atoms with Crippen LogP contribution in [0.1, 0.15) is 27.8 Å². The molecule has 1 amide bonds. The highest BCUT2D eigenvalue weighted by atomic mass is 79.9. The molecule has 0 unspecified atom stereocenters. The lowest BCUT2D eigenvalue weighted by Gasteiger charge is -2.09. The van der Waals surface area contributed by atoms with E-state index < -0.39 is 5.91 Å². The molecule has 3 aromatic carbocycles. The number of hydrogen-bond acceptors (Lipinski definition) is 2. The fourth-order valence-electron chi connectivity index (χ4n) is 3.23. The third-order valence-corrected chi connectivity index (χ3v) is 5.80. The number of halogens is 2. The number of aryl methyl sites for hydroxylation is 2. The third kappa shape index (κ3) is 5.91. The third-order valence-electron chi connectivity index (χ3n) is 4.53. The van der Waals surface area contributed by atoms with Gasteiger partial charge in [-0.1, -0.05) is 73.3 Å². The van der Waals surface area contributed by atoms with Crippen LogP contribution in [-0.4, -0.2) is 5.91 Å². The molecule has 3 rings (SSSR count). The maximum atomic E-state index is 12.5. The highest BCUT2D eigenvalue weighted by Gasteiger charge is 2.10. The average Bonchev–Trinajstić information content (AvgIpc) is 2.69. The predicted molar refractivity (Wildman–Crippen MR) is 129 cm³/mol. The first-order valence-corrected chi connectivity index (χ1v) is 11.0. The van der Waals surface area contributed by atoms with Gasteiger partial charge >= 0.3 is 0 Å². The van der Waals surface area contributed by atoms with Crippen molar-refractivity contribution in [3.05, 3.63) is 103 Å².